The second-order valence-corrected chi connectivity index (χ2v) is 5.55. The number of rotatable bonds is 7. The molecule has 1 aliphatic heterocycles. The third-order valence-electron chi connectivity index (χ3n) is 3.80. The van der Waals surface area contributed by atoms with Crippen molar-refractivity contribution in [3.05, 3.63) is 36.3 Å². The first kappa shape index (κ1) is 16.4. The maximum absolute atomic E-state index is 13.9. The van der Waals surface area contributed by atoms with Gasteiger partial charge in [-0.05, 0) is 37.1 Å². The molecule has 0 spiro atoms. The van der Waals surface area contributed by atoms with Crippen molar-refractivity contribution in [2.75, 3.05) is 43.6 Å². The van der Waals surface area contributed by atoms with Gasteiger partial charge >= 0.3 is 0 Å². The summed E-state index contributed by atoms with van der Waals surface area (Å²) in [5.74, 6) is 1.12. The van der Waals surface area contributed by atoms with E-state index >= 15 is 0 Å². The molecule has 2 aromatic rings. The van der Waals surface area contributed by atoms with Gasteiger partial charge in [-0.1, -0.05) is 0 Å². The van der Waals surface area contributed by atoms with E-state index in [2.05, 4.69) is 15.3 Å². The highest BCUT2D eigenvalue weighted by atomic mass is 19.1. The van der Waals surface area contributed by atoms with Gasteiger partial charge in [0.2, 0.25) is 5.95 Å². The van der Waals surface area contributed by atoms with Crippen LogP contribution in [0.3, 0.4) is 0 Å². The maximum Gasteiger partial charge on any atom is 0.229 e. The molecule has 0 atom stereocenters. The minimum absolute atomic E-state index is 0.365. The Morgan fingerprint density at radius 3 is 2.62 bits per heavy atom. The van der Waals surface area contributed by atoms with E-state index in [1.165, 1.54) is 6.20 Å². The van der Waals surface area contributed by atoms with Gasteiger partial charge in [0.25, 0.3) is 0 Å². The van der Waals surface area contributed by atoms with Crippen molar-refractivity contribution >= 4 is 17.5 Å². The molecule has 1 fully saturated rings. The quantitative estimate of drug-likeness (QED) is 0.787. The number of methoxy groups -OCH3 is 1. The molecule has 128 valence electrons. The molecule has 1 aromatic heterocycles. The van der Waals surface area contributed by atoms with Crippen LogP contribution < -0.4 is 15.0 Å². The Morgan fingerprint density at radius 2 is 1.92 bits per heavy atom. The first-order chi connectivity index (χ1) is 11.8. The molecule has 0 saturated carbocycles. The Balaban J connectivity index is 1.66. The highest BCUT2D eigenvalue weighted by Crippen LogP contribution is 2.24. The molecule has 1 N–H and O–H groups in total. The summed E-state index contributed by atoms with van der Waals surface area (Å²) in [7, 11) is 1.63. The maximum atomic E-state index is 13.9. The van der Waals surface area contributed by atoms with Gasteiger partial charge < -0.3 is 19.7 Å². The number of nitrogens with one attached hydrogen (secondary N) is 1. The van der Waals surface area contributed by atoms with Crippen LogP contribution in [0.5, 0.6) is 5.75 Å². The van der Waals surface area contributed by atoms with Crippen LogP contribution in [0.2, 0.25) is 0 Å². The Bertz CT molecular complexity index is 660. The van der Waals surface area contributed by atoms with Crippen molar-refractivity contribution in [3.63, 3.8) is 0 Å². The average molecular weight is 332 g/mol. The summed E-state index contributed by atoms with van der Waals surface area (Å²) in [6, 6.07) is 7.43. The van der Waals surface area contributed by atoms with Crippen LogP contribution in [0.25, 0.3) is 0 Å². The molecule has 0 bridgehead atoms. The summed E-state index contributed by atoms with van der Waals surface area (Å²) in [4.78, 5) is 10.3. The van der Waals surface area contributed by atoms with Crippen molar-refractivity contribution in [1.29, 1.82) is 0 Å². The van der Waals surface area contributed by atoms with E-state index in [0.29, 0.717) is 25.0 Å². The molecule has 0 unspecified atom stereocenters. The van der Waals surface area contributed by atoms with Crippen molar-refractivity contribution in [2.24, 2.45) is 0 Å². The van der Waals surface area contributed by atoms with Crippen molar-refractivity contribution < 1.29 is 13.9 Å². The normalized spacial score (nSPS) is 14.0. The largest absolute Gasteiger partial charge is 0.491 e. The predicted octanol–water partition coefficient (Wildman–Crippen LogP) is 2.98. The number of nitrogens with zero attached hydrogens (tertiary/aromatic N) is 3. The molecular formula is C17H21FN4O2. The summed E-state index contributed by atoms with van der Waals surface area (Å²) in [6.07, 6.45) is 3.35. The van der Waals surface area contributed by atoms with E-state index in [1.54, 1.807) is 7.11 Å². The summed E-state index contributed by atoms with van der Waals surface area (Å²) in [5.41, 5.74) is 0.813. The van der Waals surface area contributed by atoms with Gasteiger partial charge in [0.1, 0.15) is 12.4 Å². The molecule has 2 heterocycles. The third-order valence-corrected chi connectivity index (χ3v) is 3.80. The number of aromatic nitrogens is 2. The van der Waals surface area contributed by atoms with Gasteiger partial charge in [0.15, 0.2) is 11.6 Å². The van der Waals surface area contributed by atoms with E-state index < -0.39 is 0 Å². The Kier molecular flexibility index (Phi) is 5.43. The van der Waals surface area contributed by atoms with Gasteiger partial charge in [-0.15, -0.1) is 0 Å². The number of benzene rings is 1. The van der Waals surface area contributed by atoms with Crippen LogP contribution in [0, 0.1) is 5.82 Å². The molecule has 1 aromatic carbocycles. The van der Waals surface area contributed by atoms with Crippen molar-refractivity contribution in [3.8, 4) is 5.75 Å². The summed E-state index contributed by atoms with van der Waals surface area (Å²) in [6.45, 7) is 2.72. The van der Waals surface area contributed by atoms with Crippen LogP contribution in [-0.2, 0) is 4.74 Å². The lowest BCUT2D eigenvalue weighted by atomic mass is 10.3. The number of ether oxygens (including phenoxy) is 2. The van der Waals surface area contributed by atoms with E-state index in [4.69, 9.17) is 9.47 Å². The lowest BCUT2D eigenvalue weighted by Crippen LogP contribution is -2.21. The van der Waals surface area contributed by atoms with Crippen LogP contribution in [0.1, 0.15) is 12.8 Å². The lowest BCUT2D eigenvalue weighted by molar-refractivity contribution is 0.146. The molecule has 24 heavy (non-hydrogen) atoms. The standard InChI is InChI=1S/C17H21FN4O2/c1-23-10-11-24-14-6-4-13(5-7-14)20-17-19-12-15(18)16(21-17)22-8-2-3-9-22/h4-7,12H,2-3,8-11H2,1H3,(H,19,20,21). The zero-order valence-electron chi connectivity index (χ0n) is 13.7. The van der Waals surface area contributed by atoms with Gasteiger partial charge in [-0.3, -0.25) is 0 Å². The predicted molar refractivity (Wildman–Crippen MR) is 90.5 cm³/mol. The van der Waals surface area contributed by atoms with Gasteiger partial charge in [-0.2, -0.15) is 4.98 Å². The van der Waals surface area contributed by atoms with Gasteiger partial charge in [0, 0.05) is 25.9 Å². The molecular weight excluding hydrogens is 311 g/mol. The third kappa shape index (κ3) is 4.11. The second-order valence-electron chi connectivity index (χ2n) is 5.55. The summed E-state index contributed by atoms with van der Waals surface area (Å²) in [5, 5.41) is 3.09. The lowest BCUT2D eigenvalue weighted by Gasteiger charge is -2.17. The topological polar surface area (TPSA) is 59.5 Å². The van der Waals surface area contributed by atoms with E-state index in [-0.39, 0.29) is 5.82 Å². The fourth-order valence-electron chi connectivity index (χ4n) is 2.58. The highest BCUT2D eigenvalue weighted by molar-refractivity contribution is 5.56. The molecule has 7 heteroatoms. The number of hydrogen-bond acceptors (Lipinski definition) is 6. The molecule has 3 rings (SSSR count). The molecule has 6 nitrogen and oxygen atoms in total. The summed E-state index contributed by atoms with van der Waals surface area (Å²) >= 11 is 0. The second kappa shape index (κ2) is 7.92. The highest BCUT2D eigenvalue weighted by Gasteiger charge is 2.18. The number of anilines is 3. The fourth-order valence-corrected chi connectivity index (χ4v) is 2.58. The molecule has 0 amide bonds. The molecule has 1 aliphatic rings. The Hall–Kier alpha value is -2.41. The van der Waals surface area contributed by atoms with Crippen LogP contribution >= 0.6 is 0 Å². The fraction of sp³-hybridized carbons (Fsp3) is 0.412. The van der Waals surface area contributed by atoms with Crippen molar-refractivity contribution in [2.45, 2.75) is 12.8 Å². The SMILES string of the molecule is COCCOc1ccc(Nc2ncc(F)c(N3CCCC3)n2)cc1. The van der Waals surface area contributed by atoms with E-state index in [9.17, 15) is 4.39 Å². The smallest absolute Gasteiger partial charge is 0.229 e. The zero-order valence-corrected chi connectivity index (χ0v) is 13.7. The Morgan fingerprint density at radius 1 is 1.17 bits per heavy atom. The molecule has 1 saturated heterocycles. The van der Waals surface area contributed by atoms with Crippen molar-refractivity contribution in [1.82, 2.24) is 9.97 Å². The van der Waals surface area contributed by atoms with Crippen LogP contribution in [0.15, 0.2) is 30.5 Å². The molecule has 0 radical (unpaired) electrons. The van der Waals surface area contributed by atoms with E-state index in [0.717, 1.165) is 37.4 Å². The zero-order chi connectivity index (χ0) is 16.8. The van der Waals surface area contributed by atoms with Gasteiger partial charge in [-0.25, -0.2) is 9.37 Å². The number of halogens is 1. The monoisotopic (exact) mass is 332 g/mol. The minimum atomic E-state index is -0.385. The van der Waals surface area contributed by atoms with Crippen LogP contribution in [-0.4, -0.2) is 43.4 Å². The molecule has 0 aliphatic carbocycles. The van der Waals surface area contributed by atoms with Crippen LogP contribution in [0.4, 0.5) is 21.8 Å². The van der Waals surface area contributed by atoms with Gasteiger partial charge in [0.05, 0.1) is 12.8 Å². The Labute approximate surface area is 140 Å². The first-order valence-corrected chi connectivity index (χ1v) is 8.02. The summed E-state index contributed by atoms with van der Waals surface area (Å²) < 4.78 is 24.4. The first-order valence-electron chi connectivity index (χ1n) is 8.02. The van der Waals surface area contributed by atoms with E-state index in [1.807, 2.05) is 29.2 Å². The minimum Gasteiger partial charge on any atom is -0.491 e. The average Bonchev–Trinajstić information content (AvgIpc) is 3.13. The number of hydrogen-bond donors (Lipinski definition) is 1.